The lowest BCUT2D eigenvalue weighted by atomic mass is 10.1. The van der Waals surface area contributed by atoms with E-state index < -0.39 is 15.1 Å². The largest absolute Gasteiger partial charge is 0.393 e. The third-order valence-electron chi connectivity index (χ3n) is 4.45. The Morgan fingerprint density at radius 2 is 1.43 bits per heavy atom. The highest BCUT2D eigenvalue weighted by molar-refractivity contribution is 7.92. The summed E-state index contributed by atoms with van der Waals surface area (Å²) in [6.45, 7) is 3.93. The first-order chi connectivity index (χ1) is 10.8. The molecule has 0 heterocycles. The van der Waals surface area contributed by atoms with Gasteiger partial charge in [-0.05, 0) is 31.5 Å². The zero-order chi connectivity index (χ0) is 16.8. The number of thiocarbonyl (C=S) groups is 1. The summed E-state index contributed by atoms with van der Waals surface area (Å²) in [5, 5.41) is -0.564. The zero-order valence-electron chi connectivity index (χ0n) is 13.1. The van der Waals surface area contributed by atoms with Crippen LogP contribution in [0.4, 0.5) is 0 Å². The maximum Gasteiger partial charge on any atom is 0.182 e. The second-order valence-electron chi connectivity index (χ2n) is 6.19. The summed E-state index contributed by atoms with van der Waals surface area (Å²) in [5.74, 6) is -0.446. The Morgan fingerprint density at radius 1 is 0.957 bits per heavy atom. The molecule has 5 heteroatoms. The maximum atomic E-state index is 13.0. The molecule has 0 spiro atoms. The Balaban J connectivity index is 1.98. The van der Waals surface area contributed by atoms with Crippen LogP contribution in [0.15, 0.2) is 53.4 Å². The topological polar surface area (TPSA) is 60.2 Å². The van der Waals surface area contributed by atoms with E-state index in [0.29, 0.717) is 4.90 Å². The molecule has 0 amide bonds. The number of nitrogens with two attached hydrogens (primary N) is 1. The number of sulfone groups is 1. The average molecular weight is 345 g/mol. The van der Waals surface area contributed by atoms with E-state index in [9.17, 15) is 8.42 Å². The quantitative estimate of drug-likeness (QED) is 0.865. The fourth-order valence-electron chi connectivity index (χ4n) is 3.08. The number of benzene rings is 2. The van der Waals surface area contributed by atoms with E-state index in [1.54, 1.807) is 12.1 Å². The van der Waals surface area contributed by atoms with Gasteiger partial charge < -0.3 is 5.73 Å². The van der Waals surface area contributed by atoms with Crippen LogP contribution >= 0.6 is 12.2 Å². The molecule has 3 rings (SSSR count). The molecule has 2 N–H and O–H groups in total. The predicted octanol–water partition coefficient (Wildman–Crippen LogP) is 3.15. The van der Waals surface area contributed by atoms with Gasteiger partial charge in [-0.1, -0.05) is 59.7 Å². The Labute approximate surface area is 142 Å². The van der Waals surface area contributed by atoms with E-state index in [4.69, 9.17) is 18.0 Å². The summed E-state index contributed by atoms with van der Waals surface area (Å²) in [4.78, 5) is 0.611. The van der Waals surface area contributed by atoms with Crippen LogP contribution in [-0.4, -0.2) is 18.7 Å². The Bertz CT molecular complexity index is 840. The van der Waals surface area contributed by atoms with Crippen molar-refractivity contribution in [1.29, 1.82) is 0 Å². The third kappa shape index (κ3) is 2.91. The van der Waals surface area contributed by atoms with E-state index in [1.165, 1.54) is 0 Å². The second kappa shape index (κ2) is 5.73. The molecule has 120 valence electrons. The lowest BCUT2D eigenvalue weighted by molar-refractivity contribution is 0.593. The summed E-state index contributed by atoms with van der Waals surface area (Å²) in [6.07, 6.45) is 0. The van der Waals surface area contributed by atoms with Gasteiger partial charge in [0.1, 0.15) is 0 Å². The van der Waals surface area contributed by atoms with Crippen LogP contribution in [0.5, 0.6) is 0 Å². The first-order valence-electron chi connectivity index (χ1n) is 7.49. The van der Waals surface area contributed by atoms with Gasteiger partial charge in [0.15, 0.2) is 9.84 Å². The van der Waals surface area contributed by atoms with Gasteiger partial charge in [0.05, 0.1) is 15.1 Å². The first-order valence-corrected chi connectivity index (χ1v) is 9.44. The van der Waals surface area contributed by atoms with Crippen LogP contribution in [0.2, 0.25) is 0 Å². The van der Waals surface area contributed by atoms with Crippen molar-refractivity contribution in [3.05, 3.63) is 65.2 Å². The van der Waals surface area contributed by atoms with Crippen LogP contribution in [0, 0.1) is 19.8 Å². The summed E-state index contributed by atoms with van der Waals surface area (Å²) in [5.41, 5.74) is 8.96. The molecular formula is C18H19NO2S2. The SMILES string of the molecule is Cc1ccc([C@@H]2[C@@H](C(N)=S)[C@@H]2S(=O)(=O)c2ccc(C)cc2)cc1. The van der Waals surface area contributed by atoms with Crippen LogP contribution in [0.25, 0.3) is 0 Å². The highest BCUT2D eigenvalue weighted by atomic mass is 32.2. The van der Waals surface area contributed by atoms with Gasteiger partial charge in [-0.15, -0.1) is 0 Å². The first kappa shape index (κ1) is 16.1. The molecule has 3 atom stereocenters. The van der Waals surface area contributed by atoms with Gasteiger partial charge in [0, 0.05) is 11.8 Å². The van der Waals surface area contributed by atoms with Crippen molar-refractivity contribution in [2.45, 2.75) is 29.9 Å². The number of rotatable bonds is 4. The van der Waals surface area contributed by atoms with E-state index in [0.717, 1.165) is 16.7 Å². The van der Waals surface area contributed by atoms with Gasteiger partial charge in [-0.2, -0.15) is 0 Å². The Hall–Kier alpha value is -1.72. The Morgan fingerprint density at radius 3 is 1.91 bits per heavy atom. The van der Waals surface area contributed by atoms with Gasteiger partial charge in [-0.25, -0.2) is 8.42 Å². The highest BCUT2D eigenvalue weighted by Gasteiger charge is 2.60. The van der Waals surface area contributed by atoms with Crippen molar-refractivity contribution >= 4 is 27.0 Å². The van der Waals surface area contributed by atoms with E-state index in [1.807, 2.05) is 50.2 Å². The summed E-state index contributed by atoms with van der Waals surface area (Å²) < 4.78 is 25.9. The molecular weight excluding hydrogens is 326 g/mol. The third-order valence-corrected chi connectivity index (χ3v) is 6.96. The maximum absolute atomic E-state index is 13.0. The van der Waals surface area contributed by atoms with Crippen molar-refractivity contribution in [2.24, 2.45) is 11.7 Å². The lowest BCUT2D eigenvalue weighted by Crippen LogP contribution is -2.17. The molecule has 1 aliphatic rings. The predicted molar refractivity (Wildman–Crippen MR) is 96.3 cm³/mol. The molecule has 0 bridgehead atoms. The van der Waals surface area contributed by atoms with Crippen molar-refractivity contribution in [3.63, 3.8) is 0 Å². The molecule has 0 aliphatic heterocycles. The minimum atomic E-state index is -3.45. The molecule has 1 fully saturated rings. The average Bonchev–Trinajstić information content (AvgIpc) is 3.25. The zero-order valence-corrected chi connectivity index (χ0v) is 14.7. The Kier molecular flexibility index (Phi) is 4.02. The minimum absolute atomic E-state index is 0.153. The van der Waals surface area contributed by atoms with E-state index in [2.05, 4.69) is 0 Å². The molecule has 0 saturated heterocycles. The fraction of sp³-hybridized carbons (Fsp3) is 0.278. The fourth-order valence-corrected chi connectivity index (χ4v) is 5.61. The summed E-state index contributed by atoms with van der Waals surface area (Å²) in [6, 6.07) is 14.8. The van der Waals surface area contributed by atoms with Gasteiger partial charge >= 0.3 is 0 Å². The summed E-state index contributed by atoms with van der Waals surface area (Å²) >= 11 is 5.11. The molecule has 1 saturated carbocycles. The standard InChI is InChI=1S/C18H19NO2S2/c1-11-3-7-13(8-4-11)15-16(18(19)22)17(15)23(20,21)14-9-5-12(2)6-10-14/h3-10,15-17H,1-2H3,(H2,19,22)/t15-,16-,17-/m1/s1. The van der Waals surface area contributed by atoms with Crippen LogP contribution < -0.4 is 5.73 Å². The molecule has 23 heavy (non-hydrogen) atoms. The van der Waals surface area contributed by atoms with Gasteiger partial charge in [0.25, 0.3) is 0 Å². The van der Waals surface area contributed by atoms with Crippen molar-refractivity contribution in [3.8, 4) is 0 Å². The summed E-state index contributed by atoms with van der Waals surface area (Å²) in [7, 11) is -3.45. The van der Waals surface area contributed by atoms with Crippen LogP contribution in [0.3, 0.4) is 0 Å². The number of hydrogen-bond donors (Lipinski definition) is 1. The monoisotopic (exact) mass is 345 g/mol. The number of hydrogen-bond acceptors (Lipinski definition) is 3. The van der Waals surface area contributed by atoms with Gasteiger partial charge in [-0.3, -0.25) is 0 Å². The van der Waals surface area contributed by atoms with Crippen molar-refractivity contribution in [1.82, 2.24) is 0 Å². The normalized spacial score (nSPS) is 23.5. The molecule has 0 radical (unpaired) electrons. The van der Waals surface area contributed by atoms with Crippen molar-refractivity contribution < 1.29 is 8.42 Å². The second-order valence-corrected chi connectivity index (χ2v) is 8.76. The van der Waals surface area contributed by atoms with E-state index >= 15 is 0 Å². The molecule has 1 aliphatic carbocycles. The molecule has 0 unspecified atom stereocenters. The molecule has 2 aromatic carbocycles. The minimum Gasteiger partial charge on any atom is -0.393 e. The van der Waals surface area contributed by atoms with Crippen LogP contribution in [0.1, 0.15) is 22.6 Å². The number of aryl methyl sites for hydroxylation is 2. The molecule has 2 aromatic rings. The van der Waals surface area contributed by atoms with E-state index in [-0.39, 0.29) is 16.8 Å². The molecule has 0 aromatic heterocycles. The van der Waals surface area contributed by atoms with Gasteiger partial charge in [0.2, 0.25) is 0 Å². The van der Waals surface area contributed by atoms with Crippen LogP contribution in [-0.2, 0) is 9.84 Å². The smallest absolute Gasteiger partial charge is 0.182 e. The van der Waals surface area contributed by atoms with Crippen molar-refractivity contribution in [2.75, 3.05) is 0 Å². The highest BCUT2D eigenvalue weighted by Crippen LogP contribution is 2.54. The lowest BCUT2D eigenvalue weighted by Gasteiger charge is -2.05. The molecule has 3 nitrogen and oxygen atoms in total.